The van der Waals surface area contributed by atoms with E-state index in [4.69, 9.17) is 9.47 Å². The maximum Gasteiger partial charge on any atom is 0.414 e. The smallest absolute Gasteiger partial charge is 0.414 e. The molecule has 4 rings (SSSR count). The van der Waals surface area contributed by atoms with E-state index < -0.39 is 12.0 Å². The van der Waals surface area contributed by atoms with Crippen molar-refractivity contribution in [3.8, 4) is 11.8 Å². The van der Waals surface area contributed by atoms with Gasteiger partial charge in [-0.05, 0) is 49.3 Å². The third kappa shape index (κ3) is 5.80. The molecule has 1 aliphatic heterocycles. The summed E-state index contributed by atoms with van der Waals surface area (Å²) in [6.07, 6.45) is 3.69. The van der Waals surface area contributed by atoms with Crippen molar-refractivity contribution in [3.05, 3.63) is 36.2 Å². The molecule has 172 valence electrons. The summed E-state index contributed by atoms with van der Waals surface area (Å²) in [5, 5.41) is 10.8. The van der Waals surface area contributed by atoms with Gasteiger partial charge in [0.15, 0.2) is 0 Å². The van der Waals surface area contributed by atoms with Crippen LogP contribution in [0.5, 0.6) is 11.8 Å². The molecule has 1 aliphatic carbocycles. The summed E-state index contributed by atoms with van der Waals surface area (Å²) in [6.45, 7) is 3.77. The van der Waals surface area contributed by atoms with Crippen LogP contribution >= 0.6 is 0 Å². The molecule has 2 aromatic heterocycles. The first-order valence-corrected chi connectivity index (χ1v) is 10.8. The number of rotatable bonds is 9. The molecular formula is C22H27F2N5O3. The van der Waals surface area contributed by atoms with Gasteiger partial charge in [0, 0.05) is 12.3 Å². The molecule has 32 heavy (non-hydrogen) atoms. The van der Waals surface area contributed by atoms with Crippen LogP contribution in [0.2, 0.25) is 0 Å². The summed E-state index contributed by atoms with van der Waals surface area (Å²) in [6, 6.07) is 6.26. The van der Waals surface area contributed by atoms with Crippen molar-refractivity contribution in [2.45, 2.75) is 45.1 Å². The van der Waals surface area contributed by atoms with Crippen molar-refractivity contribution in [2.24, 2.45) is 11.8 Å². The molecule has 2 fully saturated rings. The van der Waals surface area contributed by atoms with E-state index in [0.717, 1.165) is 12.8 Å². The van der Waals surface area contributed by atoms with Gasteiger partial charge in [-0.15, -0.1) is 0 Å². The van der Waals surface area contributed by atoms with E-state index in [0.29, 0.717) is 36.2 Å². The van der Waals surface area contributed by atoms with Gasteiger partial charge in [-0.1, -0.05) is 13.8 Å². The van der Waals surface area contributed by atoms with Gasteiger partial charge >= 0.3 is 6.09 Å². The fraction of sp³-hybridized carbons (Fsp3) is 0.545. The minimum absolute atomic E-state index is 0.0340. The van der Waals surface area contributed by atoms with E-state index >= 15 is 0 Å². The van der Waals surface area contributed by atoms with Gasteiger partial charge in [0.05, 0.1) is 31.4 Å². The Morgan fingerprint density at radius 3 is 2.69 bits per heavy atom. The Balaban J connectivity index is 1.45. The number of pyridine rings is 1. The number of nitrogens with zero attached hydrogens (tertiary/aromatic N) is 4. The standard InChI is InChI=1S/C22H27F2N5O3/c1-14(2)10-17(16-4-3-9-25-28-16)26-21(30)32-19-8-7-18(29-12-22(23,24)13-29)20(27-19)31-11-15-5-6-15/h3-4,7-9,14-15,17H,5-6,10-13H2,1-2H3,(H,26,30). The summed E-state index contributed by atoms with van der Waals surface area (Å²) >= 11 is 0. The van der Waals surface area contributed by atoms with E-state index in [1.807, 2.05) is 13.8 Å². The number of carbonyl (C=O) groups excluding carboxylic acids is 1. The number of anilines is 1. The van der Waals surface area contributed by atoms with Crippen LogP contribution in [-0.2, 0) is 0 Å². The quantitative estimate of drug-likeness (QED) is 0.622. The molecule has 0 bridgehead atoms. The summed E-state index contributed by atoms with van der Waals surface area (Å²) in [7, 11) is 0. The third-order valence-electron chi connectivity index (χ3n) is 5.30. The number of hydrogen-bond acceptors (Lipinski definition) is 7. The number of ether oxygens (including phenoxy) is 2. The van der Waals surface area contributed by atoms with Crippen molar-refractivity contribution in [3.63, 3.8) is 0 Å². The molecule has 1 saturated heterocycles. The summed E-state index contributed by atoms with van der Waals surface area (Å²) in [4.78, 5) is 18.4. The summed E-state index contributed by atoms with van der Waals surface area (Å²) < 4.78 is 37.9. The zero-order valence-corrected chi connectivity index (χ0v) is 18.1. The number of nitrogens with one attached hydrogen (secondary N) is 1. The van der Waals surface area contributed by atoms with Crippen LogP contribution in [0.25, 0.3) is 0 Å². The Labute approximate surface area is 185 Å². The number of aromatic nitrogens is 3. The fourth-order valence-corrected chi connectivity index (χ4v) is 3.47. The zero-order valence-electron chi connectivity index (χ0n) is 18.1. The summed E-state index contributed by atoms with van der Waals surface area (Å²) in [5.41, 5.74) is 1.11. The van der Waals surface area contributed by atoms with Gasteiger partial charge in [0.25, 0.3) is 5.92 Å². The van der Waals surface area contributed by atoms with Crippen LogP contribution in [0, 0.1) is 11.8 Å². The van der Waals surface area contributed by atoms with Gasteiger partial charge in [-0.3, -0.25) is 0 Å². The molecule has 0 radical (unpaired) electrons. The Hall–Kier alpha value is -3.04. The first kappa shape index (κ1) is 22.2. The van der Waals surface area contributed by atoms with Gasteiger partial charge in [-0.25, -0.2) is 13.6 Å². The van der Waals surface area contributed by atoms with Gasteiger partial charge in [-0.2, -0.15) is 15.2 Å². The van der Waals surface area contributed by atoms with E-state index in [1.165, 1.54) is 11.0 Å². The molecule has 1 amide bonds. The minimum Gasteiger partial charge on any atom is -0.476 e. The average molecular weight is 447 g/mol. The van der Waals surface area contributed by atoms with Crippen LogP contribution in [-0.4, -0.2) is 46.9 Å². The zero-order chi connectivity index (χ0) is 22.7. The number of halogens is 2. The first-order chi connectivity index (χ1) is 15.3. The lowest BCUT2D eigenvalue weighted by Gasteiger charge is -2.40. The van der Waals surface area contributed by atoms with Crippen LogP contribution in [0.1, 0.15) is 44.8 Å². The number of hydrogen-bond donors (Lipinski definition) is 1. The van der Waals surface area contributed by atoms with Gasteiger partial charge in [0.2, 0.25) is 11.8 Å². The highest BCUT2D eigenvalue weighted by atomic mass is 19.3. The fourth-order valence-electron chi connectivity index (χ4n) is 3.47. The SMILES string of the molecule is CC(C)CC(NC(=O)Oc1ccc(N2CC(F)(F)C2)c(OCC2CC2)n1)c1cccnn1. The highest BCUT2D eigenvalue weighted by Crippen LogP contribution is 2.38. The number of amides is 1. The molecular weight excluding hydrogens is 420 g/mol. The Morgan fingerprint density at radius 1 is 1.28 bits per heavy atom. The van der Waals surface area contributed by atoms with E-state index in [-0.39, 0.29) is 30.9 Å². The largest absolute Gasteiger partial charge is 0.476 e. The van der Waals surface area contributed by atoms with Crippen molar-refractivity contribution in [1.29, 1.82) is 0 Å². The molecule has 1 saturated carbocycles. The lowest BCUT2D eigenvalue weighted by molar-refractivity contribution is -0.0265. The molecule has 1 atom stereocenters. The van der Waals surface area contributed by atoms with Crippen LogP contribution in [0.4, 0.5) is 19.3 Å². The molecule has 3 heterocycles. The van der Waals surface area contributed by atoms with Crippen LogP contribution in [0.15, 0.2) is 30.5 Å². The van der Waals surface area contributed by atoms with Gasteiger partial charge < -0.3 is 19.7 Å². The molecule has 2 aliphatic rings. The predicted molar refractivity (Wildman–Crippen MR) is 113 cm³/mol. The monoisotopic (exact) mass is 447 g/mol. The highest BCUT2D eigenvalue weighted by molar-refractivity contribution is 5.71. The Bertz CT molecular complexity index is 932. The Kier molecular flexibility index (Phi) is 6.38. The molecule has 0 aromatic carbocycles. The number of alkyl halides is 2. The second-order valence-corrected chi connectivity index (χ2v) is 8.80. The van der Waals surface area contributed by atoms with Gasteiger partial charge in [0.1, 0.15) is 5.69 Å². The number of carbonyl (C=O) groups is 1. The molecule has 0 spiro atoms. The average Bonchev–Trinajstić information content (AvgIpc) is 3.55. The van der Waals surface area contributed by atoms with E-state index in [1.54, 1.807) is 24.4 Å². The first-order valence-electron chi connectivity index (χ1n) is 10.8. The van der Waals surface area contributed by atoms with Crippen LogP contribution in [0.3, 0.4) is 0 Å². The van der Waals surface area contributed by atoms with Crippen molar-refractivity contribution in [2.75, 3.05) is 24.6 Å². The second-order valence-electron chi connectivity index (χ2n) is 8.80. The molecule has 1 N–H and O–H groups in total. The second kappa shape index (κ2) is 9.22. The van der Waals surface area contributed by atoms with E-state index in [2.05, 4.69) is 20.5 Å². The lowest BCUT2D eigenvalue weighted by Crippen LogP contribution is -2.56. The van der Waals surface area contributed by atoms with Crippen molar-refractivity contribution in [1.82, 2.24) is 20.5 Å². The van der Waals surface area contributed by atoms with E-state index in [9.17, 15) is 13.6 Å². The molecule has 8 nitrogen and oxygen atoms in total. The molecule has 10 heteroatoms. The normalized spacial score (nSPS) is 18.1. The molecule has 2 aromatic rings. The maximum atomic E-state index is 13.3. The van der Waals surface area contributed by atoms with Crippen molar-refractivity contribution < 1.29 is 23.0 Å². The lowest BCUT2D eigenvalue weighted by atomic mass is 10.0. The van der Waals surface area contributed by atoms with Crippen molar-refractivity contribution >= 4 is 11.8 Å². The van der Waals surface area contributed by atoms with Crippen LogP contribution < -0.4 is 19.7 Å². The minimum atomic E-state index is -2.71. The topological polar surface area (TPSA) is 89.5 Å². The third-order valence-corrected chi connectivity index (χ3v) is 5.30. The highest BCUT2D eigenvalue weighted by Gasteiger charge is 2.45. The maximum absolute atomic E-state index is 13.3. The molecule has 1 unspecified atom stereocenters. The predicted octanol–water partition coefficient (Wildman–Crippen LogP) is 3.99. The summed E-state index contributed by atoms with van der Waals surface area (Å²) in [5.74, 6) is -1.72. The Morgan fingerprint density at radius 2 is 2.06 bits per heavy atom.